The lowest BCUT2D eigenvalue weighted by Crippen LogP contribution is -2.13. The lowest BCUT2D eigenvalue weighted by Gasteiger charge is -2.09. The molecule has 0 saturated heterocycles. The SMILES string of the molecule is O=C(Nc1cccc2ccccc12)c1cn(Cc2ccc(F)cc2)nc1OCc1ccc(F)cc1. The van der Waals surface area contributed by atoms with E-state index in [0.717, 1.165) is 21.9 Å². The van der Waals surface area contributed by atoms with Crippen molar-refractivity contribution in [3.63, 3.8) is 0 Å². The van der Waals surface area contributed by atoms with E-state index >= 15 is 0 Å². The zero-order chi connectivity index (χ0) is 24.2. The highest BCUT2D eigenvalue weighted by molar-refractivity contribution is 6.10. The average Bonchev–Trinajstić information content (AvgIpc) is 3.28. The molecule has 1 N–H and O–H groups in total. The fraction of sp³-hybridized carbons (Fsp3) is 0.0714. The summed E-state index contributed by atoms with van der Waals surface area (Å²) in [4.78, 5) is 13.3. The minimum Gasteiger partial charge on any atom is -0.471 e. The standard InChI is InChI=1S/C28H21F2N3O2/c29-22-12-8-19(9-13-22)16-33-17-25(28(32-33)35-18-20-10-14-23(30)15-11-20)27(34)31-26-7-3-5-21-4-1-2-6-24(21)26/h1-15,17H,16,18H2,(H,31,34). The van der Waals surface area contributed by atoms with Crippen LogP contribution >= 0.6 is 0 Å². The Morgan fingerprint density at radius 1 is 0.829 bits per heavy atom. The van der Waals surface area contributed by atoms with Gasteiger partial charge in [0.2, 0.25) is 5.88 Å². The Bertz CT molecular complexity index is 1470. The molecule has 4 aromatic carbocycles. The van der Waals surface area contributed by atoms with Crippen molar-refractivity contribution in [3.8, 4) is 5.88 Å². The highest BCUT2D eigenvalue weighted by atomic mass is 19.1. The molecule has 1 heterocycles. The molecule has 5 aromatic rings. The van der Waals surface area contributed by atoms with Crippen LogP contribution in [0.4, 0.5) is 14.5 Å². The summed E-state index contributed by atoms with van der Waals surface area (Å²) in [7, 11) is 0. The fourth-order valence-electron chi connectivity index (χ4n) is 3.78. The van der Waals surface area contributed by atoms with Crippen LogP contribution in [0.15, 0.2) is 97.2 Å². The summed E-state index contributed by atoms with van der Waals surface area (Å²) in [6, 6.07) is 25.4. The van der Waals surface area contributed by atoms with Gasteiger partial charge >= 0.3 is 0 Å². The summed E-state index contributed by atoms with van der Waals surface area (Å²) in [5, 5.41) is 9.33. The number of carbonyl (C=O) groups excluding carboxylic acids is 1. The fourth-order valence-corrected chi connectivity index (χ4v) is 3.78. The topological polar surface area (TPSA) is 56.2 Å². The molecule has 5 rings (SSSR count). The van der Waals surface area contributed by atoms with Crippen LogP contribution in [0.1, 0.15) is 21.5 Å². The lowest BCUT2D eigenvalue weighted by atomic mass is 10.1. The Morgan fingerprint density at radius 2 is 1.49 bits per heavy atom. The van der Waals surface area contributed by atoms with Gasteiger partial charge in [0.15, 0.2) is 0 Å². The number of benzene rings is 4. The summed E-state index contributed by atoms with van der Waals surface area (Å²) in [5.74, 6) is -0.893. The van der Waals surface area contributed by atoms with E-state index in [4.69, 9.17) is 4.74 Å². The number of ether oxygens (including phenoxy) is 1. The van der Waals surface area contributed by atoms with Crippen molar-refractivity contribution in [1.82, 2.24) is 9.78 Å². The smallest absolute Gasteiger partial charge is 0.262 e. The number of carbonyl (C=O) groups is 1. The second kappa shape index (κ2) is 9.77. The van der Waals surface area contributed by atoms with Gasteiger partial charge in [0.05, 0.1) is 6.54 Å². The summed E-state index contributed by atoms with van der Waals surface area (Å²) in [5.41, 5.74) is 2.48. The van der Waals surface area contributed by atoms with Crippen molar-refractivity contribution < 1.29 is 18.3 Å². The van der Waals surface area contributed by atoms with Gasteiger partial charge in [-0.3, -0.25) is 9.48 Å². The molecule has 0 aliphatic rings. The van der Waals surface area contributed by atoms with Crippen LogP contribution in [-0.4, -0.2) is 15.7 Å². The van der Waals surface area contributed by atoms with Gasteiger partial charge in [0.1, 0.15) is 23.8 Å². The molecule has 0 aliphatic heterocycles. The predicted molar refractivity (Wildman–Crippen MR) is 130 cm³/mol. The molecule has 35 heavy (non-hydrogen) atoms. The maximum absolute atomic E-state index is 13.3. The minimum absolute atomic E-state index is 0.113. The van der Waals surface area contributed by atoms with E-state index in [-0.39, 0.29) is 35.6 Å². The molecule has 0 fully saturated rings. The first-order valence-corrected chi connectivity index (χ1v) is 11.0. The van der Waals surface area contributed by atoms with E-state index in [1.807, 2.05) is 42.5 Å². The molecule has 0 atom stereocenters. The highest BCUT2D eigenvalue weighted by Crippen LogP contribution is 2.25. The van der Waals surface area contributed by atoms with E-state index in [9.17, 15) is 13.6 Å². The number of hydrogen-bond acceptors (Lipinski definition) is 3. The Hall–Kier alpha value is -4.52. The number of rotatable bonds is 7. The van der Waals surface area contributed by atoms with Crippen molar-refractivity contribution in [3.05, 3.63) is 126 Å². The number of halogens is 2. The van der Waals surface area contributed by atoms with Gasteiger partial charge in [-0.15, -0.1) is 5.10 Å². The highest BCUT2D eigenvalue weighted by Gasteiger charge is 2.19. The first-order chi connectivity index (χ1) is 17.0. The normalized spacial score (nSPS) is 10.9. The predicted octanol–water partition coefficient (Wildman–Crippen LogP) is 6.19. The van der Waals surface area contributed by atoms with Crippen LogP contribution in [0.2, 0.25) is 0 Å². The first-order valence-electron chi connectivity index (χ1n) is 11.0. The molecule has 0 bridgehead atoms. The second-order valence-corrected chi connectivity index (χ2v) is 8.07. The third-order valence-corrected chi connectivity index (χ3v) is 5.56. The Labute approximate surface area is 200 Å². The van der Waals surface area contributed by atoms with Gasteiger partial charge in [-0.2, -0.15) is 0 Å². The van der Waals surface area contributed by atoms with Crippen LogP contribution in [0.25, 0.3) is 10.8 Å². The monoisotopic (exact) mass is 469 g/mol. The van der Waals surface area contributed by atoms with Gasteiger partial charge in [-0.1, -0.05) is 60.7 Å². The third-order valence-electron chi connectivity index (χ3n) is 5.56. The average molecular weight is 469 g/mol. The molecule has 174 valence electrons. The number of nitrogens with zero attached hydrogens (tertiary/aromatic N) is 2. The van der Waals surface area contributed by atoms with Gasteiger partial charge in [0, 0.05) is 17.3 Å². The van der Waals surface area contributed by atoms with E-state index in [1.165, 1.54) is 24.3 Å². The molecule has 1 amide bonds. The Kier molecular flexibility index (Phi) is 6.22. The van der Waals surface area contributed by atoms with Crippen molar-refractivity contribution >= 4 is 22.4 Å². The van der Waals surface area contributed by atoms with Crippen LogP contribution < -0.4 is 10.1 Å². The molecule has 0 radical (unpaired) electrons. The number of nitrogens with one attached hydrogen (secondary N) is 1. The Balaban J connectivity index is 1.43. The van der Waals surface area contributed by atoms with Crippen LogP contribution in [0.3, 0.4) is 0 Å². The number of amides is 1. The molecule has 1 aromatic heterocycles. The largest absolute Gasteiger partial charge is 0.471 e. The van der Waals surface area contributed by atoms with Gasteiger partial charge in [-0.25, -0.2) is 8.78 Å². The van der Waals surface area contributed by atoms with Gasteiger partial charge < -0.3 is 10.1 Å². The zero-order valence-corrected chi connectivity index (χ0v) is 18.6. The van der Waals surface area contributed by atoms with Crippen LogP contribution in [-0.2, 0) is 13.2 Å². The van der Waals surface area contributed by atoms with E-state index < -0.39 is 0 Å². The van der Waals surface area contributed by atoms with E-state index in [0.29, 0.717) is 12.2 Å². The van der Waals surface area contributed by atoms with Crippen LogP contribution in [0.5, 0.6) is 5.88 Å². The van der Waals surface area contributed by atoms with Gasteiger partial charge in [0.25, 0.3) is 5.91 Å². The quantitative estimate of drug-likeness (QED) is 0.309. The maximum Gasteiger partial charge on any atom is 0.262 e. The number of anilines is 1. The molecule has 0 spiro atoms. The lowest BCUT2D eigenvalue weighted by molar-refractivity contribution is 0.102. The molecule has 7 heteroatoms. The first kappa shape index (κ1) is 22.3. The third kappa shape index (κ3) is 5.19. The van der Waals surface area contributed by atoms with Crippen molar-refractivity contribution in [2.45, 2.75) is 13.2 Å². The van der Waals surface area contributed by atoms with E-state index in [2.05, 4.69) is 10.4 Å². The zero-order valence-electron chi connectivity index (χ0n) is 18.6. The molecular weight excluding hydrogens is 448 g/mol. The molecule has 0 aliphatic carbocycles. The van der Waals surface area contributed by atoms with E-state index in [1.54, 1.807) is 35.1 Å². The van der Waals surface area contributed by atoms with Crippen LogP contribution in [0, 0.1) is 11.6 Å². The molecule has 5 nitrogen and oxygen atoms in total. The summed E-state index contributed by atoms with van der Waals surface area (Å²) >= 11 is 0. The molecule has 0 saturated carbocycles. The second-order valence-electron chi connectivity index (χ2n) is 8.07. The van der Waals surface area contributed by atoms with Crippen molar-refractivity contribution in [1.29, 1.82) is 0 Å². The summed E-state index contributed by atoms with van der Waals surface area (Å²) in [6.07, 6.45) is 1.60. The summed E-state index contributed by atoms with van der Waals surface area (Å²) < 4.78 is 34.0. The summed E-state index contributed by atoms with van der Waals surface area (Å²) in [6.45, 7) is 0.442. The van der Waals surface area contributed by atoms with Crippen molar-refractivity contribution in [2.75, 3.05) is 5.32 Å². The number of fused-ring (bicyclic) bond motifs is 1. The maximum atomic E-state index is 13.3. The van der Waals surface area contributed by atoms with Crippen molar-refractivity contribution in [2.24, 2.45) is 0 Å². The Morgan fingerprint density at radius 3 is 2.23 bits per heavy atom. The molecular formula is C28H21F2N3O2. The number of aromatic nitrogens is 2. The minimum atomic E-state index is -0.374. The molecule has 0 unspecified atom stereocenters. The van der Waals surface area contributed by atoms with Gasteiger partial charge in [-0.05, 0) is 46.8 Å². The number of hydrogen-bond donors (Lipinski definition) is 1.